The molecule has 0 atom stereocenters. The van der Waals surface area contributed by atoms with E-state index in [-0.39, 0.29) is 24.6 Å². The molecule has 1 heterocycles. The van der Waals surface area contributed by atoms with E-state index < -0.39 is 45.9 Å². The standard InChI is InChI=1S/C20H15F4N3O2/c21-12-2-1-3-13(22)17(12)18-14(23)5-4-11(19(18)24)20(28)27-15-10-26-8-6-16(15)29-9-7-25/h1-6,8,10H,7,9,25H2,(H,27,28). The molecule has 3 N–H and O–H groups in total. The van der Waals surface area contributed by atoms with Crippen LogP contribution in [0.4, 0.5) is 23.2 Å². The first kappa shape index (κ1) is 20.3. The van der Waals surface area contributed by atoms with Crippen LogP contribution >= 0.6 is 0 Å². The SMILES string of the molecule is NCCOc1ccncc1NC(=O)c1ccc(F)c(-c2c(F)cccc2F)c1F. The van der Waals surface area contributed by atoms with Crippen molar-refractivity contribution in [1.82, 2.24) is 4.98 Å². The van der Waals surface area contributed by atoms with Crippen LogP contribution in [-0.2, 0) is 0 Å². The van der Waals surface area contributed by atoms with Gasteiger partial charge in [0.05, 0.1) is 22.9 Å². The highest BCUT2D eigenvalue weighted by Gasteiger charge is 2.25. The van der Waals surface area contributed by atoms with Gasteiger partial charge in [0, 0.05) is 18.8 Å². The van der Waals surface area contributed by atoms with E-state index in [4.69, 9.17) is 10.5 Å². The zero-order valence-electron chi connectivity index (χ0n) is 14.9. The number of benzene rings is 2. The highest BCUT2D eigenvalue weighted by atomic mass is 19.1. The van der Waals surface area contributed by atoms with Crippen LogP contribution in [0.5, 0.6) is 5.75 Å². The van der Waals surface area contributed by atoms with Gasteiger partial charge in [-0.05, 0) is 24.3 Å². The average Bonchev–Trinajstić information content (AvgIpc) is 2.69. The zero-order valence-corrected chi connectivity index (χ0v) is 14.9. The minimum atomic E-state index is -1.40. The van der Waals surface area contributed by atoms with Crippen molar-refractivity contribution in [2.24, 2.45) is 5.73 Å². The van der Waals surface area contributed by atoms with Crippen molar-refractivity contribution < 1.29 is 27.1 Å². The van der Waals surface area contributed by atoms with E-state index in [1.807, 2.05) is 0 Å². The van der Waals surface area contributed by atoms with Crippen molar-refractivity contribution in [1.29, 1.82) is 0 Å². The summed E-state index contributed by atoms with van der Waals surface area (Å²) < 4.78 is 62.6. The van der Waals surface area contributed by atoms with Crippen LogP contribution in [0, 0.1) is 23.3 Å². The molecule has 0 spiro atoms. The van der Waals surface area contributed by atoms with Gasteiger partial charge in [-0.15, -0.1) is 0 Å². The van der Waals surface area contributed by atoms with Gasteiger partial charge in [0.1, 0.15) is 41.3 Å². The van der Waals surface area contributed by atoms with Crippen molar-refractivity contribution in [3.05, 3.63) is 77.6 Å². The Hall–Kier alpha value is -3.46. The van der Waals surface area contributed by atoms with Gasteiger partial charge in [-0.1, -0.05) is 6.07 Å². The maximum atomic E-state index is 14.9. The Morgan fingerprint density at radius 3 is 2.38 bits per heavy atom. The van der Waals surface area contributed by atoms with Crippen molar-refractivity contribution in [3.63, 3.8) is 0 Å². The van der Waals surface area contributed by atoms with E-state index in [1.54, 1.807) is 0 Å². The van der Waals surface area contributed by atoms with Crippen LogP contribution in [0.25, 0.3) is 11.1 Å². The molecule has 1 amide bonds. The summed E-state index contributed by atoms with van der Waals surface area (Å²) in [6.07, 6.45) is 2.68. The molecule has 5 nitrogen and oxygen atoms in total. The number of amides is 1. The van der Waals surface area contributed by atoms with Gasteiger partial charge in [-0.25, -0.2) is 17.6 Å². The van der Waals surface area contributed by atoms with Crippen molar-refractivity contribution in [3.8, 4) is 16.9 Å². The number of hydrogen-bond donors (Lipinski definition) is 2. The normalized spacial score (nSPS) is 10.7. The number of carbonyl (C=O) groups excluding carboxylic acids is 1. The Morgan fingerprint density at radius 1 is 1.00 bits per heavy atom. The van der Waals surface area contributed by atoms with Gasteiger partial charge in [0.2, 0.25) is 0 Å². The fraction of sp³-hybridized carbons (Fsp3) is 0.100. The van der Waals surface area contributed by atoms with Crippen molar-refractivity contribution in [2.45, 2.75) is 0 Å². The van der Waals surface area contributed by atoms with E-state index in [2.05, 4.69) is 10.3 Å². The lowest BCUT2D eigenvalue weighted by Gasteiger charge is -2.13. The maximum Gasteiger partial charge on any atom is 0.258 e. The van der Waals surface area contributed by atoms with Gasteiger partial charge in [-0.3, -0.25) is 9.78 Å². The molecule has 29 heavy (non-hydrogen) atoms. The molecule has 0 fully saturated rings. The third kappa shape index (κ3) is 4.19. The number of nitrogens with two attached hydrogens (primary N) is 1. The molecular formula is C20H15F4N3O2. The number of anilines is 1. The quantitative estimate of drug-likeness (QED) is 0.610. The Balaban J connectivity index is 2.00. The van der Waals surface area contributed by atoms with Crippen molar-refractivity contribution >= 4 is 11.6 Å². The van der Waals surface area contributed by atoms with Crippen LogP contribution < -0.4 is 15.8 Å². The number of rotatable bonds is 6. The van der Waals surface area contributed by atoms with Gasteiger partial charge in [0.25, 0.3) is 5.91 Å². The molecule has 0 aliphatic heterocycles. The molecule has 2 aromatic carbocycles. The molecule has 1 aromatic heterocycles. The minimum absolute atomic E-state index is 0.119. The third-order valence-electron chi connectivity index (χ3n) is 3.95. The predicted molar refractivity (Wildman–Crippen MR) is 98.4 cm³/mol. The lowest BCUT2D eigenvalue weighted by molar-refractivity contribution is 0.102. The fourth-order valence-electron chi connectivity index (χ4n) is 2.65. The highest BCUT2D eigenvalue weighted by molar-refractivity contribution is 6.05. The number of carbonyl (C=O) groups is 1. The van der Waals surface area contributed by atoms with Gasteiger partial charge in [-0.2, -0.15) is 0 Å². The number of nitrogens with zero attached hydrogens (tertiary/aromatic N) is 1. The monoisotopic (exact) mass is 405 g/mol. The second-order valence-corrected chi connectivity index (χ2v) is 5.84. The first-order chi connectivity index (χ1) is 13.9. The predicted octanol–water partition coefficient (Wildman–Crippen LogP) is 3.89. The minimum Gasteiger partial charge on any atom is -0.490 e. The Labute approximate surface area is 163 Å². The lowest BCUT2D eigenvalue weighted by atomic mass is 9.99. The molecule has 0 saturated heterocycles. The summed E-state index contributed by atoms with van der Waals surface area (Å²) in [5.41, 5.74) is 3.01. The summed E-state index contributed by atoms with van der Waals surface area (Å²) in [4.78, 5) is 16.4. The number of halogens is 4. The van der Waals surface area contributed by atoms with Crippen LogP contribution in [0.15, 0.2) is 48.8 Å². The van der Waals surface area contributed by atoms with E-state index in [0.29, 0.717) is 0 Å². The smallest absolute Gasteiger partial charge is 0.258 e. The molecule has 0 saturated carbocycles. The molecule has 0 aliphatic rings. The van der Waals surface area contributed by atoms with Crippen LogP contribution in [0.1, 0.15) is 10.4 Å². The van der Waals surface area contributed by atoms with Crippen LogP contribution in [0.3, 0.4) is 0 Å². The summed E-state index contributed by atoms with van der Waals surface area (Å²) in [5, 5.41) is 2.39. The molecule has 3 rings (SSSR count). The Bertz CT molecular complexity index is 1040. The number of aromatic nitrogens is 1. The fourth-order valence-corrected chi connectivity index (χ4v) is 2.65. The van der Waals surface area contributed by atoms with E-state index >= 15 is 0 Å². The summed E-state index contributed by atoms with van der Waals surface area (Å²) in [7, 11) is 0. The zero-order chi connectivity index (χ0) is 21.0. The van der Waals surface area contributed by atoms with E-state index in [9.17, 15) is 22.4 Å². The first-order valence-electron chi connectivity index (χ1n) is 8.44. The highest BCUT2D eigenvalue weighted by Crippen LogP contribution is 2.33. The number of ether oxygens (including phenoxy) is 1. The second kappa shape index (κ2) is 8.70. The third-order valence-corrected chi connectivity index (χ3v) is 3.95. The molecule has 0 aliphatic carbocycles. The number of pyridine rings is 1. The Morgan fingerprint density at radius 2 is 1.69 bits per heavy atom. The maximum absolute atomic E-state index is 14.9. The summed E-state index contributed by atoms with van der Waals surface area (Å²) in [6, 6.07) is 5.88. The molecule has 0 radical (unpaired) electrons. The van der Waals surface area contributed by atoms with Gasteiger partial charge >= 0.3 is 0 Å². The topological polar surface area (TPSA) is 77.2 Å². The molecular weight excluding hydrogens is 390 g/mol. The largest absolute Gasteiger partial charge is 0.490 e. The Kier molecular flexibility index (Phi) is 6.08. The van der Waals surface area contributed by atoms with Crippen molar-refractivity contribution in [2.75, 3.05) is 18.5 Å². The lowest BCUT2D eigenvalue weighted by Crippen LogP contribution is -2.17. The molecule has 0 bridgehead atoms. The summed E-state index contributed by atoms with van der Waals surface area (Å²) >= 11 is 0. The van der Waals surface area contributed by atoms with Crippen LogP contribution in [-0.4, -0.2) is 24.0 Å². The summed E-state index contributed by atoms with van der Waals surface area (Å²) in [6.45, 7) is 0.383. The average molecular weight is 405 g/mol. The van der Waals surface area contributed by atoms with E-state index in [1.165, 1.54) is 18.5 Å². The van der Waals surface area contributed by atoms with Gasteiger partial charge in [0.15, 0.2) is 0 Å². The molecule has 3 aromatic rings. The van der Waals surface area contributed by atoms with Crippen LogP contribution in [0.2, 0.25) is 0 Å². The number of hydrogen-bond acceptors (Lipinski definition) is 4. The first-order valence-corrected chi connectivity index (χ1v) is 8.44. The van der Waals surface area contributed by atoms with E-state index in [0.717, 1.165) is 30.3 Å². The number of nitrogens with one attached hydrogen (secondary N) is 1. The summed E-state index contributed by atoms with van der Waals surface area (Å²) in [5.74, 6) is -5.68. The molecule has 9 heteroatoms. The van der Waals surface area contributed by atoms with Gasteiger partial charge < -0.3 is 15.8 Å². The second-order valence-electron chi connectivity index (χ2n) is 5.84. The molecule has 0 unspecified atom stereocenters. The molecule has 150 valence electrons.